The first-order chi connectivity index (χ1) is 8.95. The lowest BCUT2D eigenvalue weighted by Gasteiger charge is -2.23. The van der Waals surface area contributed by atoms with E-state index in [1.54, 1.807) is 6.07 Å². The lowest BCUT2D eigenvalue weighted by molar-refractivity contribution is 0.390. The van der Waals surface area contributed by atoms with Gasteiger partial charge in [0.15, 0.2) is 0 Å². The highest BCUT2D eigenvalue weighted by Crippen LogP contribution is 2.44. The number of rotatable bonds is 3. The molecule has 2 aliphatic rings. The van der Waals surface area contributed by atoms with E-state index in [1.165, 1.54) is 19.3 Å². The van der Waals surface area contributed by atoms with Crippen LogP contribution in [-0.4, -0.2) is 14.5 Å². The van der Waals surface area contributed by atoms with Crippen molar-refractivity contribution >= 4 is 10.0 Å². The molecule has 0 saturated heterocycles. The highest BCUT2D eigenvalue weighted by molar-refractivity contribution is 7.89. The molecule has 2 saturated carbocycles. The van der Waals surface area contributed by atoms with Gasteiger partial charge < -0.3 is 0 Å². The molecule has 1 N–H and O–H groups in total. The zero-order valence-electron chi connectivity index (χ0n) is 11.5. The molecule has 4 heteroatoms. The van der Waals surface area contributed by atoms with Crippen molar-refractivity contribution in [1.29, 1.82) is 0 Å². The summed E-state index contributed by atoms with van der Waals surface area (Å²) in [6.07, 6.45) is 4.70. The van der Waals surface area contributed by atoms with Crippen molar-refractivity contribution < 1.29 is 8.42 Å². The third-order valence-electron chi connectivity index (χ3n) is 4.68. The van der Waals surface area contributed by atoms with E-state index in [1.807, 2.05) is 26.0 Å². The number of sulfonamides is 1. The molecule has 3 atom stereocenters. The van der Waals surface area contributed by atoms with Crippen LogP contribution in [0.5, 0.6) is 0 Å². The molecule has 0 aliphatic heterocycles. The first kappa shape index (κ1) is 13.1. The lowest BCUT2D eigenvalue weighted by Crippen LogP contribution is -2.38. The Balaban J connectivity index is 1.85. The van der Waals surface area contributed by atoms with E-state index in [0.717, 1.165) is 23.5 Å². The highest BCUT2D eigenvalue weighted by Gasteiger charge is 2.41. The van der Waals surface area contributed by atoms with Crippen LogP contribution >= 0.6 is 0 Å². The predicted molar refractivity (Wildman–Crippen MR) is 75.5 cm³/mol. The summed E-state index contributed by atoms with van der Waals surface area (Å²) in [5, 5.41) is 0. The van der Waals surface area contributed by atoms with Gasteiger partial charge in [-0.05, 0) is 62.1 Å². The van der Waals surface area contributed by atoms with Crippen LogP contribution in [0, 0.1) is 25.7 Å². The summed E-state index contributed by atoms with van der Waals surface area (Å²) in [5.41, 5.74) is 1.81. The fourth-order valence-corrected chi connectivity index (χ4v) is 5.30. The van der Waals surface area contributed by atoms with Gasteiger partial charge in [-0.15, -0.1) is 0 Å². The van der Waals surface area contributed by atoms with Gasteiger partial charge in [0, 0.05) is 6.04 Å². The first-order valence-electron chi connectivity index (χ1n) is 7.05. The van der Waals surface area contributed by atoms with Crippen molar-refractivity contribution in [3.05, 3.63) is 29.3 Å². The third kappa shape index (κ3) is 2.43. The molecule has 0 amide bonds. The molecular formula is C15H21NO2S. The molecule has 1 aromatic carbocycles. The standard InChI is InChI=1S/C15H21NO2S/c1-10-3-4-11(2)15(7-10)19(17,18)16-14-9-12-5-6-13(14)8-12/h3-4,7,12-14,16H,5-6,8-9H2,1-2H3/t12-,13+,14-/m0/s1. The average Bonchev–Trinajstić information content (AvgIpc) is 2.93. The summed E-state index contributed by atoms with van der Waals surface area (Å²) >= 11 is 0. The van der Waals surface area contributed by atoms with Gasteiger partial charge in [-0.3, -0.25) is 0 Å². The number of aryl methyl sites for hydroxylation is 2. The van der Waals surface area contributed by atoms with Crippen molar-refractivity contribution in [2.24, 2.45) is 11.8 Å². The smallest absolute Gasteiger partial charge is 0.208 e. The molecule has 0 heterocycles. The van der Waals surface area contributed by atoms with E-state index in [-0.39, 0.29) is 6.04 Å². The summed E-state index contributed by atoms with van der Waals surface area (Å²) in [5.74, 6) is 1.31. The van der Waals surface area contributed by atoms with Crippen LogP contribution in [0.3, 0.4) is 0 Å². The lowest BCUT2D eigenvalue weighted by atomic mass is 9.96. The second-order valence-corrected chi connectivity index (χ2v) is 7.85. The van der Waals surface area contributed by atoms with Gasteiger partial charge in [0.05, 0.1) is 4.90 Å². The third-order valence-corrected chi connectivity index (χ3v) is 6.31. The van der Waals surface area contributed by atoms with Gasteiger partial charge in [0.2, 0.25) is 10.0 Å². The fourth-order valence-electron chi connectivity index (χ4n) is 3.65. The molecule has 3 nitrogen and oxygen atoms in total. The monoisotopic (exact) mass is 279 g/mol. The van der Waals surface area contributed by atoms with E-state index in [2.05, 4.69) is 4.72 Å². The maximum atomic E-state index is 12.5. The molecule has 0 spiro atoms. The number of hydrogen-bond donors (Lipinski definition) is 1. The fraction of sp³-hybridized carbons (Fsp3) is 0.600. The van der Waals surface area contributed by atoms with Gasteiger partial charge in [0.1, 0.15) is 0 Å². The Morgan fingerprint density at radius 1 is 1.16 bits per heavy atom. The Bertz CT molecular complexity index is 594. The minimum atomic E-state index is -3.37. The summed E-state index contributed by atoms with van der Waals surface area (Å²) in [6.45, 7) is 3.78. The Kier molecular flexibility index (Phi) is 3.18. The number of fused-ring (bicyclic) bond motifs is 2. The topological polar surface area (TPSA) is 46.2 Å². The van der Waals surface area contributed by atoms with E-state index in [4.69, 9.17) is 0 Å². The van der Waals surface area contributed by atoms with Gasteiger partial charge in [-0.2, -0.15) is 0 Å². The Morgan fingerprint density at radius 2 is 1.95 bits per heavy atom. The van der Waals surface area contributed by atoms with E-state index >= 15 is 0 Å². The zero-order chi connectivity index (χ0) is 13.6. The van der Waals surface area contributed by atoms with Crippen molar-refractivity contribution in [2.75, 3.05) is 0 Å². The van der Waals surface area contributed by atoms with Crippen molar-refractivity contribution in [3.63, 3.8) is 0 Å². The van der Waals surface area contributed by atoms with Crippen LogP contribution < -0.4 is 4.72 Å². The highest BCUT2D eigenvalue weighted by atomic mass is 32.2. The molecule has 0 unspecified atom stereocenters. The summed E-state index contributed by atoms with van der Waals surface area (Å²) in [4.78, 5) is 0.440. The number of nitrogens with one attached hydrogen (secondary N) is 1. The Hall–Kier alpha value is -0.870. The Labute approximate surface area is 115 Å². The van der Waals surface area contributed by atoms with E-state index in [0.29, 0.717) is 10.8 Å². The molecule has 0 aromatic heterocycles. The molecular weight excluding hydrogens is 258 g/mol. The molecule has 2 fully saturated rings. The van der Waals surface area contributed by atoms with Crippen LogP contribution in [0.15, 0.2) is 23.1 Å². The average molecular weight is 279 g/mol. The maximum absolute atomic E-state index is 12.5. The van der Waals surface area contributed by atoms with Gasteiger partial charge in [-0.1, -0.05) is 18.6 Å². The maximum Gasteiger partial charge on any atom is 0.241 e. The van der Waals surface area contributed by atoms with Crippen molar-refractivity contribution in [2.45, 2.75) is 50.5 Å². The normalized spacial score (nSPS) is 29.9. The largest absolute Gasteiger partial charge is 0.241 e. The van der Waals surface area contributed by atoms with Crippen LogP contribution in [0.25, 0.3) is 0 Å². The molecule has 0 radical (unpaired) electrons. The molecule has 3 rings (SSSR count). The second-order valence-electron chi connectivity index (χ2n) is 6.17. The minimum Gasteiger partial charge on any atom is -0.208 e. The second kappa shape index (κ2) is 4.60. The predicted octanol–water partition coefficient (Wildman–Crippen LogP) is 2.77. The molecule has 2 bridgehead atoms. The van der Waals surface area contributed by atoms with Gasteiger partial charge in [-0.25, -0.2) is 13.1 Å². The summed E-state index contributed by atoms with van der Waals surface area (Å²) < 4.78 is 28.0. The van der Waals surface area contributed by atoms with Gasteiger partial charge in [0.25, 0.3) is 0 Å². The molecule has 1 aromatic rings. The van der Waals surface area contributed by atoms with Crippen molar-refractivity contribution in [1.82, 2.24) is 4.72 Å². The number of hydrogen-bond acceptors (Lipinski definition) is 2. The quantitative estimate of drug-likeness (QED) is 0.924. The Morgan fingerprint density at radius 3 is 2.58 bits per heavy atom. The summed E-state index contributed by atoms with van der Waals surface area (Å²) in [6, 6.07) is 5.75. The van der Waals surface area contributed by atoms with E-state index in [9.17, 15) is 8.42 Å². The zero-order valence-corrected chi connectivity index (χ0v) is 12.3. The summed E-state index contributed by atoms with van der Waals surface area (Å²) in [7, 11) is -3.37. The van der Waals surface area contributed by atoms with Gasteiger partial charge >= 0.3 is 0 Å². The number of benzene rings is 1. The van der Waals surface area contributed by atoms with E-state index < -0.39 is 10.0 Å². The SMILES string of the molecule is Cc1ccc(C)c(S(=O)(=O)N[C@H]2C[C@H]3CC[C@@H]2C3)c1. The molecule has 2 aliphatic carbocycles. The first-order valence-corrected chi connectivity index (χ1v) is 8.53. The minimum absolute atomic E-state index is 0.156. The van der Waals surface area contributed by atoms with Crippen molar-refractivity contribution in [3.8, 4) is 0 Å². The van der Waals surface area contributed by atoms with Crippen LogP contribution in [0.1, 0.15) is 36.8 Å². The van der Waals surface area contributed by atoms with Crippen LogP contribution in [-0.2, 0) is 10.0 Å². The van der Waals surface area contributed by atoms with Crippen LogP contribution in [0.4, 0.5) is 0 Å². The van der Waals surface area contributed by atoms with Crippen LogP contribution in [0.2, 0.25) is 0 Å². The molecule has 104 valence electrons. The molecule has 19 heavy (non-hydrogen) atoms.